The second-order valence-electron chi connectivity index (χ2n) is 6.62. The lowest BCUT2D eigenvalue weighted by molar-refractivity contribution is -0.138. The summed E-state index contributed by atoms with van der Waals surface area (Å²) in [7, 11) is 1.87. The highest BCUT2D eigenvalue weighted by Gasteiger charge is 2.36. The zero-order valence-electron chi connectivity index (χ0n) is 14.3. The van der Waals surface area contributed by atoms with E-state index in [9.17, 15) is 9.59 Å². The van der Waals surface area contributed by atoms with Gasteiger partial charge in [0.1, 0.15) is 0 Å². The molecule has 1 aliphatic heterocycles. The van der Waals surface area contributed by atoms with Gasteiger partial charge in [-0.3, -0.25) is 14.3 Å². The van der Waals surface area contributed by atoms with E-state index in [-0.39, 0.29) is 23.8 Å². The van der Waals surface area contributed by atoms with Crippen LogP contribution in [0, 0.1) is 23.7 Å². The molecule has 2 atom stereocenters. The molecule has 0 aromatic carbocycles. The summed E-state index contributed by atoms with van der Waals surface area (Å²) in [6.45, 7) is 3.18. The number of hydrogen-bond donors (Lipinski definition) is 1. The third-order valence-corrected chi connectivity index (χ3v) is 4.73. The van der Waals surface area contributed by atoms with Crippen molar-refractivity contribution in [2.45, 2.75) is 38.6 Å². The fourth-order valence-electron chi connectivity index (χ4n) is 3.31. The van der Waals surface area contributed by atoms with Crippen LogP contribution < -0.4 is 5.32 Å². The number of nitrogens with one attached hydrogen (secondary N) is 1. The van der Waals surface area contributed by atoms with Gasteiger partial charge in [-0.25, -0.2) is 0 Å². The normalized spacial score (nSPS) is 23.6. The summed E-state index contributed by atoms with van der Waals surface area (Å²) in [5.41, 5.74) is 1.02. The van der Waals surface area contributed by atoms with Crippen molar-refractivity contribution < 1.29 is 9.59 Å². The zero-order valence-corrected chi connectivity index (χ0v) is 14.3. The van der Waals surface area contributed by atoms with Crippen LogP contribution in [0.2, 0.25) is 0 Å². The molecular formula is C18H24N4O2. The quantitative estimate of drug-likeness (QED) is 0.846. The van der Waals surface area contributed by atoms with Crippen molar-refractivity contribution in [2.24, 2.45) is 18.9 Å². The monoisotopic (exact) mass is 328 g/mol. The van der Waals surface area contributed by atoms with Crippen LogP contribution in [0.15, 0.2) is 12.4 Å². The summed E-state index contributed by atoms with van der Waals surface area (Å²) < 4.78 is 1.75. The van der Waals surface area contributed by atoms with E-state index in [1.807, 2.05) is 31.3 Å². The molecule has 128 valence electrons. The van der Waals surface area contributed by atoms with Gasteiger partial charge in [0.25, 0.3) is 5.91 Å². The van der Waals surface area contributed by atoms with Crippen molar-refractivity contribution in [3.8, 4) is 11.8 Å². The van der Waals surface area contributed by atoms with Crippen molar-refractivity contribution in [3.05, 3.63) is 18.0 Å². The molecule has 2 amide bonds. The average molecular weight is 328 g/mol. The number of aromatic nitrogens is 2. The van der Waals surface area contributed by atoms with Crippen molar-refractivity contribution in [2.75, 3.05) is 13.1 Å². The van der Waals surface area contributed by atoms with Gasteiger partial charge >= 0.3 is 0 Å². The van der Waals surface area contributed by atoms with E-state index in [2.05, 4.69) is 22.3 Å². The van der Waals surface area contributed by atoms with Crippen LogP contribution in [0.3, 0.4) is 0 Å². The minimum absolute atomic E-state index is 0.0401. The number of hydrogen-bond acceptors (Lipinski definition) is 3. The van der Waals surface area contributed by atoms with Crippen molar-refractivity contribution in [1.29, 1.82) is 0 Å². The highest BCUT2D eigenvalue weighted by molar-refractivity contribution is 5.93. The largest absolute Gasteiger partial charge is 0.345 e. The van der Waals surface area contributed by atoms with E-state index < -0.39 is 0 Å². The molecular weight excluding hydrogens is 304 g/mol. The summed E-state index contributed by atoms with van der Waals surface area (Å²) in [5.74, 6) is 6.21. The second kappa shape index (κ2) is 7.08. The highest BCUT2D eigenvalue weighted by Crippen LogP contribution is 2.36. The molecule has 1 aromatic rings. The molecule has 2 aliphatic rings. The fraction of sp³-hybridized carbons (Fsp3) is 0.611. The van der Waals surface area contributed by atoms with Gasteiger partial charge in [-0.2, -0.15) is 5.10 Å². The maximum Gasteiger partial charge on any atom is 0.295 e. The van der Waals surface area contributed by atoms with E-state index in [1.54, 1.807) is 4.68 Å². The first-order chi connectivity index (χ1) is 11.6. The number of amides is 2. The molecule has 6 heteroatoms. The molecule has 24 heavy (non-hydrogen) atoms. The van der Waals surface area contributed by atoms with Gasteiger partial charge in [-0.15, -0.1) is 0 Å². The molecule has 0 radical (unpaired) electrons. The Labute approximate surface area is 142 Å². The van der Waals surface area contributed by atoms with E-state index in [4.69, 9.17) is 0 Å². The molecule has 1 saturated heterocycles. The SMILES string of the molecule is CCN1C(=O)CC[C@H](CNC(=O)C#CC2CC2)[C@H]1c1cnn(C)c1. The van der Waals surface area contributed by atoms with Crippen LogP contribution in [-0.2, 0) is 16.6 Å². The van der Waals surface area contributed by atoms with Crippen LogP contribution in [0.4, 0.5) is 0 Å². The Balaban J connectivity index is 1.70. The Kier molecular flexibility index (Phi) is 4.89. The Bertz CT molecular complexity index is 681. The maximum absolute atomic E-state index is 12.3. The zero-order chi connectivity index (χ0) is 17.1. The molecule has 6 nitrogen and oxygen atoms in total. The standard InChI is InChI=1S/C18H24N4O2/c1-3-22-17(24)9-7-14(18(22)15-11-20-21(2)12-15)10-19-16(23)8-6-13-4-5-13/h11-14,18H,3-5,7,9-10H2,1-2H3,(H,19,23)/t14-,18+/m1/s1. The molecule has 2 fully saturated rings. The minimum atomic E-state index is -0.216. The third-order valence-electron chi connectivity index (χ3n) is 4.73. The molecule has 3 rings (SSSR count). The summed E-state index contributed by atoms with van der Waals surface area (Å²) in [4.78, 5) is 26.1. The number of piperidine rings is 1. The van der Waals surface area contributed by atoms with Crippen molar-refractivity contribution in [1.82, 2.24) is 20.0 Å². The van der Waals surface area contributed by atoms with Gasteiger partial charge in [-0.1, -0.05) is 5.92 Å². The van der Waals surface area contributed by atoms with Crippen LogP contribution >= 0.6 is 0 Å². The van der Waals surface area contributed by atoms with Crippen LogP contribution in [0.1, 0.15) is 44.2 Å². The highest BCUT2D eigenvalue weighted by atomic mass is 16.2. The predicted molar refractivity (Wildman–Crippen MR) is 89.6 cm³/mol. The van der Waals surface area contributed by atoms with E-state index in [1.165, 1.54) is 0 Å². The Morgan fingerprint density at radius 3 is 2.83 bits per heavy atom. The van der Waals surface area contributed by atoms with Crippen LogP contribution in [-0.4, -0.2) is 39.6 Å². The number of carbonyl (C=O) groups excluding carboxylic acids is 2. The van der Waals surface area contributed by atoms with Crippen LogP contribution in [0.25, 0.3) is 0 Å². The summed E-state index contributed by atoms with van der Waals surface area (Å²) in [6, 6.07) is -0.0401. The molecule has 0 unspecified atom stereocenters. The fourth-order valence-corrected chi connectivity index (χ4v) is 3.31. The van der Waals surface area contributed by atoms with Crippen molar-refractivity contribution in [3.63, 3.8) is 0 Å². The lowest BCUT2D eigenvalue weighted by atomic mass is 9.85. The van der Waals surface area contributed by atoms with E-state index in [0.29, 0.717) is 25.4 Å². The minimum Gasteiger partial charge on any atom is -0.345 e. The smallest absolute Gasteiger partial charge is 0.295 e. The number of carbonyl (C=O) groups is 2. The van der Waals surface area contributed by atoms with Gasteiger partial charge in [0.05, 0.1) is 12.2 Å². The second-order valence-corrected chi connectivity index (χ2v) is 6.62. The van der Waals surface area contributed by atoms with E-state index >= 15 is 0 Å². The van der Waals surface area contributed by atoms with Gasteiger partial charge in [0.2, 0.25) is 5.91 Å². The molecule has 1 saturated carbocycles. The van der Waals surface area contributed by atoms with Crippen LogP contribution in [0.5, 0.6) is 0 Å². The molecule has 0 spiro atoms. The Hall–Kier alpha value is -2.29. The molecule has 1 aliphatic carbocycles. The first-order valence-corrected chi connectivity index (χ1v) is 8.66. The van der Waals surface area contributed by atoms with Gasteiger partial charge < -0.3 is 10.2 Å². The van der Waals surface area contributed by atoms with Crippen molar-refractivity contribution >= 4 is 11.8 Å². The number of rotatable bonds is 4. The lowest BCUT2D eigenvalue weighted by Crippen LogP contribution is -2.46. The van der Waals surface area contributed by atoms with Gasteiger partial charge in [0.15, 0.2) is 0 Å². The summed E-state index contributed by atoms with van der Waals surface area (Å²) >= 11 is 0. The first-order valence-electron chi connectivity index (χ1n) is 8.66. The predicted octanol–water partition coefficient (Wildman–Crippen LogP) is 1.25. The molecule has 0 bridgehead atoms. The lowest BCUT2D eigenvalue weighted by Gasteiger charge is -2.40. The third kappa shape index (κ3) is 3.78. The van der Waals surface area contributed by atoms with Gasteiger partial charge in [0, 0.05) is 50.2 Å². The van der Waals surface area contributed by atoms with Gasteiger partial charge in [-0.05, 0) is 32.1 Å². The molecule has 2 heterocycles. The number of nitrogens with zero attached hydrogens (tertiary/aromatic N) is 3. The number of likely N-dealkylation sites (tertiary alicyclic amines) is 1. The molecule has 1 aromatic heterocycles. The number of aryl methyl sites for hydroxylation is 1. The Morgan fingerprint density at radius 1 is 1.42 bits per heavy atom. The Morgan fingerprint density at radius 2 is 2.21 bits per heavy atom. The topological polar surface area (TPSA) is 67.2 Å². The maximum atomic E-state index is 12.3. The first kappa shape index (κ1) is 16.6. The summed E-state index contributed by atoms with van der Waals surface area (Å²) in [6.07, 6.45) is 7.28. The molecule has 1 N–H and O–H groups in total. The average Bonchev–Trinajstić information content (AvgIpc) is 3.31. The van der Waals surface area contributed by atoms with E-state index in [0.717, 1.165) is 24.8 Å². The summed E-state index contributed by atoms with van der Waals surface area (Å²) in [5, 5.41) is 7.16.